The van der Waals surface area contributed by atoms with E-state index >= 15 is 0 Å². The van der Waals surface area contributed by atoms with Crippen molar-refractivity contribution in [3.05, 3.63) is 66.1 Å². The molecule has 0 bridgehead atoms. The fourth-order valence-electron chi connectivity index (χ4n) is 2.19. The Balaban J connectivity index is 1.55. The van der Waals surface area contributed by atoms with Crippen LogP contribution in [0.25, 0.3) is 22.8 Å². The molecule has 0 saturated carbocycles. The molecule has 0 radical (unpaired) electrons. The minimum Gasteiger partial charge on any atom is -0.420 e. The quantitative estimate of drug-likeness (QED) is 0.563. The summed E-state index contributed by atoms with van der Waals surface area (Å²) < 4.78 is 37.1. The number of nitrogens with zero attached hydrogens (tertiary/aromatic N) is 5. The summed E-state index contributed by atoms with van der Waals surface area (Å²) in [6.07, 6.45) is 3.34. The van der Waals surface area contributed by atoms with Crippen molar-refractivity contribution in [2.75, 3.05) is 0 Å². The molecule has 0 fully saturated rings. The van der Waals surface area contributed by atoms with Crippen LogP contribution in [0.4, 0.5) is 8.78 Å². The summed E-state index contributed by atoms with van der Waals surface area (Å²) in [6.45, 7) is 0. The Kier molecular flexibility index (Phi) is 3.73. The van der Waals surface area contributed by atoms with Crippen molar-refractivity contribution in [2.45, 2.75) is 6.42 Å². The third-order valence-electron chi connectivity index (χ3n) is 3.29. The third-order valence-corrected chi connectivity index (χ3v) is 3.29. The monoisotopic (exact) mass is 341 g/mol. The molecule has 0 atom stereocenters. The van der Waals surface area contributed by atoms with E-state index in [4.69, 9.17) is 8.94 Å². The molecule has 0 aliphatic carbocycles. The van der Waals surface area contributed by atoms with Crippen LogP contribution >= 0.6 is 0 Å². The van der Waals surface area contributed by atoms with E-state index in [1.807, 2.05) is 0 Å². The molecule has 0 aliphatic rings. The van der Waals surface area contributed by atoms with Crippen molar-refractivity contribution in [1.82, 2.24) is 25.3 Å². The topological polar surface area (TPSA) is 90.7 Å². The smallest absolute Gasteiger partial charge is 0.247 e. The fraction of sp³-hybridized carbons (Fsp3) is 0.0625. The van der Waals surface area contributed by atoms with Gasteiger partial charge in [0.2, 0.25) is 23.5 Å². The van der Waals surface area contributed by atoms with Crippen LogP contribution < -0.4 is 0 Å². The summed E-state index contributed by atoms with van der Waals surface area (Å²) in [5, 5.41) is 11.5. The van der Waals surface area contributed by atoms with Crippen LogP contribution in [0.3, 0.4) is 0 Å². The Morgan fingerprint density at radius 2 is 1.64 bits per heavy atom. The molecule has 1 aromatic carbocycles. The summed E-state index contributed by atoms with van der Waals surface area (Å²) in [5.41, 5.74) is 0.908. The van der Waals surface area contributed by atoms with Gasteiger partial charge in [-0.25, -0.2) is 8.78 Å². The number of rotatable bonds is 4. The highest BCUT2D eigenvalue weighted by Gasteiger charge is 2.15. The second kappa shape index (κ2) is 6.19. The molecule has 0 unspecified atom stereocenters. The van der Waals surface area contributed by atoms with E-state index in [2.05, 4.69) is 25.3 Å². The van der Waals surface area contributed by atoms with Crippen LogP contribution in [0.2, 0.25) is 0 Å². The largest absolute Gasteiger partial charge is 0.420 e. The van der Waals surface area contributed by atoms with Gasteiger partial charge in [0.15, 0.2) is 0 Å². The van der Waals surface area contributed by atoms with Crippen molar-refractivity contribution >= 4 is 0 Å². The number of benzene rings is 1. The molecule has 0 saturated heterocycles. The minimum absolute atomic E-state index is 0.00210. The maximum Gasteiger partial charge on any atom is 0.247 e. The standard InChI is InChI=1S/C16H9F2N5O2/c17-11-5-10(6-12(18)7-11)16-22-21-14(24-16)8-13-20-15(23-25-13)9-1-3-19-4-2-9/h1-7H,8H2. The van der Waals surface area contributed by atoms with Gasteiger partial charge in [0.1, 0.15) is 18.1 Å². The lowest BCUT2D eigenvalue weighted by Crippen LogP contribution is -1.89. The predicted molar refractivity (Wildman–Crippen MR) is 80.0 cm³/mol. The number of hydrogen-bond donors (Lipinski definition) is 0. The highest BCUT2D eigenvalue weighted by molar-refractivity contribution is 5.53. The van der Waals surface area contributed by atoms with E-state index in [0.29, 0.717) is 5.82 Å². The fourth-order valence-corrected chi connectivity index (χ4v) is 2.19. The maximum absolute atomic E-state index is 13.3. The van der Waals surface area contributed by atoms with Crippen molar-refractivity contribution in [1.29, 1.82) is 0 Å². The Morgan fingerprint density at radius 3 is 2.40 bits per heavy atom. The van der Waals surface area contributed by atoms with Gasteiger partial charge in [-0.05, 0) is 24.3 Å². The molecular weight excluding hydrogens is 332 g/mol. The number of hydrogen-bond acceptors (Lipinski definition) is 7. The van der Waals surface area contributed by atoms with Crippen LogP contribution in [-0.2, 0) is 6.42 Å². The van der Waals surface area contributed by atoms with Crippen molar-refractivity contribution in [2.24, 2.45) is 0 Å². The van der Waals surface area contributed by atoms with Crippen LogP contribution in [-0.4, -0.2) is 25.3 Å². The van der Waals surface area contributed by atoms with E-state index in [-0.39, 0.29) is 29.7 Å². The van der Waals surface area contributed by atoms with Crippen LogP contribution in [0.1, 0.15) is 11.8 Å². The Bertz CT molecular complexity index is 996. The molecular formula is C16H9F2N5O2. The first-order valence-corrected chi connectivity index (χ1v) is 7.19. The average molecular weight is 341 g/mol. The van der Waals surface area contributed by atoms with Gasteiger partial charge >= 0.3 is 0 Å². The van der Waals surface area contributed by atoms with E-state index in [9.17, 15) is 8.78 Å². The lowest BCUT2D eigenvalue weighted by Gasteiger charge is -1.95. The van der Waals surface area contributed by atoms with Gasteiger partial charge in [0.25, 0.3) is 0 Å². The first kappa shape index (κ1) is 15.1. The van der Waals surface area contributed by atoms with Crippen LogP contribution in [0.15, 0.2) is 51.7 Å². The molecule has 25 heavy (non-hydrogen) atoms. The zero-order valence-electron chi connectivity index (χ0n) is 12.6. The summed E-state index contributed by atoms with van der Waals surface area (Å²) in [5.74, 6) is -0.592. The number of halogens is 2. The molecule has 7 nitrogen and oxygen atoms in total. The first-order chi connectivity index (χ1) is 12.2. The van der Waals surface area contributed by atoms with Crippen molar-refractivity contribution in [3.63, 3.8) is 0 Å². The molecule has 9 heteroatoms. The van der Waals surface area contributed by atoms with Crippen molar-refractivity contribution in [3.8, 4) is 22.8 Å². The molecule has 3 aromatic heterocycles. The normalized spacial score (nSPS) is 11.0. The number of aromatic nitrogens is 5. The summed E-state index contributed by atoms with van der Waals surface area (Å²) in [7, 11) is 0. The summed E-state index contributed by atoms with van der Waals surface area (Å²) in [4.78, 5) is 8.15. The molecule has 0 amide bonds. The third kappa shape index (κ3) is 3.25. The molecule has 0 spiro atoms. The molecule has 4 rings (SSSR count). The van der Waals surface area contributed by atoms with E-state index in [1.165, 1.54) is 0 Å². The maximum atomic E-state index is 13.3. The zero-order chi connectivity index (χ0) is 17.2. The Hall–Kier alpha value is -3.49. The molecule has 124 valence electrons. The van der Waals surface area contributed by atoms with Crippen LogP contribution in [0.5, 0.6) is 0 Å². The van der Waals surface area contributed by atoms with E-state index < -0.39 is 11.6 Å². The minimum atomic E-state index is -0.728. The van der Waals surface area contributed by atoms with Crippen LogP contribution in [0, 0.1) is 11.6 Å². The van der Waals surface area contributed by atoms with Crippen molar-refractivity contribution < 1.29 is 17.7 Å². The average Bonchev–Trinajstić information content (AvgIpc) is 3.25. The summed E-state index contributed by atoms with van der Waals surface area (Å²) in [6, 6.07) is 6.47. The van der Waals surface area contributed by atoms with Gasteiger partial charge < -0.3 is 8.94 Å². The molecule has 3 heterocycles. The lowest BCUT2D eigenvalue weighted by molar-refractivity contribution is 0.374. The van der Waals surface area contributed by atoms with Gasteiger partial charge in [0.05, 0.1) is 0 Å². The summed E-state index contributed by atoms with van der Waals surface area (Å²) >= 11 is 0. The highest BCUT2D eigenvalue weighted by Crippen LogP contribution is 2.22. The highest BCUT2D eigenvalue weighted by atomic mass is 19.1. The lowest BCUT2D eigenvalue weighted by atomic mass is 10.2. The number of pyridine rings is 1. The second-order valence-corrected chi connectivity index (χ2v) is 5.08. The second-order valence-electron chi connectivity index (χ2n) is 5.08. The van der Waals surface area contributed by atoms with Gasteiger partial charge in [-0.1, -0.05) is 5.16 Å². The molecule has 4 aromatic rings. The Labute approximate surface area is 139 Å². The predicted octanol–water partition coefficient (Wildman–Crippen LogP) is 3.05. The van der Waals surface area contributed by atoms with Gasteiger partial charge in [-0.2, -0.15) is 4.98 Å². The molecule has 0 aliphatic heterocycles. The van der Waals surface area contributed by atoms with Gasteiger partial charge in [0, 0.05) is 29.6 Å². The SMILES string of the molecule is Fc1cc(F)cc(-c2nnc(Cc3nc(-c4ccncc4)no3)o2)c1. The zero-order valence-corrected chi connectivity index (χ0v) is 12.6. The first-order valence-electron chi connectivity index (χ1n) is 7.19. The Morgan fingerprint density at radius 1 is 0.880 bits per heavy atom. The van der Waals surface area contributed by atoms with E-state index in [0.717, 1.165) is 23.8 Å². The van der Waals surface area contributed by atoms with Gasteiger partial charge in [-0.3, -0.25) is 4.98 Å². The van der Waals surface area contributed by atoms with E-state index in [1.54, 1.807) is 24.5 Å². The van der Waals surface area contributed by atoms with Gasteiger partial charge in [-0.15, -0.1) is 10.2 Å². The molecule has 0 N–H and O–H groups in total.